The SMILES string of the molecule is CS(=O)(=O)N(CCC(=O)Nc1ccccc1)c1ccccc1. The molecule has 0 aliphatic rings. The Bertz CT molecular complexity index is 716. The highest BCUT2D eigenvalue weighted by Crippen LogP contribution is 2.17. The Labute approximate surface area is 130 Å². The van der Waals surface area contributed by atoms with Crippen molar-refractivity contribution in [2.45, 2.75) is 6.42 Å². The smallest absolute Gasteiger partial charge is 0.232 e. The highest BCUT2D eigenvalue weighted by atomic mass is 32.2. The minimum absolute atomic E-state index is 0.0802. The third kappa shape index (κ3) is 4.60. The average Bonchev–Trinajstić information content (AvgIpc) is 2.48. The fourth-order valence-corrected chi connectivity index (χ4v) is 2.96. The summed E-state index contributed by atoms with van der Waals surface area (Å²) in [6.07, 6.45) is 1.21. The molecule has 0 bridgehead atoms. The summed E-state index contributed by atoms with van der Waals surface area (Å²) in [6, 6.07) is 17.8. The number of carbonyl (C=O) groups excluding carboxylic acids is 1. The van der Waals surface area contributed by atoms with Gasteiger partial charge in [0.1, 0.15) is 0 Å². The molecule has 0 atom stereocenters. The lowest BCUT2D eigenvalue weighted by molar-refractivity contribution is -0.116. The number of hydrogen-bond donors (Lipinski definition) is 1. The molecule has 22 heavy (non-hydrogen) atoms. The zero-order valence-electron chi connectivity index (χ0n) is 12.3. The van der Waals surface area contributed by atoms with Gasteiger partial charge in [-0.25, -0.2) is 8.42 Å². The topological polar surface area (TPSA) is 66.5 Å². The summed E-state index contributed by atoms with van der Waals surface area (Å²) in [5.74, 6) is -0.226. The lowest BCUT2D eigenvalue weighted by Gasteiger charge is -2.22. The van der Waals surface area contributed by atoms with Gasteiger partial charge in [-0.1, -0.05) is 36.4 Å². The fraction of sp³-hybridized carbons (Fsp3) is 0.188. The molecule has 1 amide bonds. The largest absolute Gasteiger partial charge is 0.326 e. The Hall–Kier alpha value is -2.34. The quantitative estimate of drug-likeness (QED) is 0.890. The van der Waals surface area contributed by atoms with Crippen LogP contribution < -0.4 is 9.62 Å². The van der Waals surface area contributed by atoms with Crippen molar-refractivity contribution in [1.29, 1.82) is 0 Å². The molecule has 116 valence electrons. The van der Waals surface area contributed by atoms with Crippen LogP contribution in [0, 0.1) is 0 Å². The molecule has 0 saturated heterocycles. The van der Waals surface area contributed by atoms with E-state index in [-0.39, 0.29) is 18.9 Å². The lowest BCUT2D eigenvalue weighted by Crippen LogP contribution is -2.32. The number of amides is 1. The van der Waals surface area contributed by atoms with Crippen LogP contribution in [0.3, 0.4) is 0 Å². The molecular formula is C16H18N2O3S. The van der Waals surface area contributed by atoms with E-state index in [2.05, 4.69) is 5.32 Å². The summed E-state index contributed by atoms with van der Waals surface area (Å²) >= 11 is 0. The van der Waals surface area contributed by atoms with Gasteiger partial charge in [-0.3, -0.25) is 9.10 Å². The van der Waals surface area contributed by atoms with Gasteiger partial charge in [-0.2, -0.15) is 0 Å². The Morgan fingerprint density at radius 3 is 2.09 bits per heavy atom. The number of anilines is 2. The van der Waals surface area contributed by atoms with Crippen LogP contribution in [0.15, 0.2) is 60.7 Å². The molecule has 2 aromatic carbocycles. The van der Waals surface area contributed by atoms with Crippen molar-refractivity contribution in [3.8, 4) is 0 Å². The molecule has 6 heteroatoms. The molecule has 0 radical (unpaired) electrons. The van der Waals surface area contributed by atoms with E-state index in [0.717, 1.165) is 6.26 Å². The van der Waals surface area contributed by atoms with Crippen molar-refractivity contribution in [2.75, 3.05) is 22.4 Å². The van der Waals surface area contributed by atoms with Crippen molar-refractivity contribution in [3.63, 3.8) is 0 Å². The van der Waals surface area contributed by atoms with Gasteiger partial charge in [0, 0.05) is 18.7 Å². The van der Waals surface area contributed by atoms with Gasteiger partial charge in [0.15, 0.2) is 0 Å². The summed E-state index contributed by atoms with van der Waals surface area (Å²) in [6.45, 7) is 0.0987. The van der Waals surface area contributed by atoms with Gasteiger partial charge in [0.05, 0.1) is 11.9 Å². The molecule has 0 aromatic heterocycles. The van der Waals surface area contributed by atoms with Crippen LogP contribution >= 0.6 is 0 Å². The van der Waals surface area contributed by atoms with Crippen LogP contribution in [-0.4, -0.2) is 27.1 Å². The average molecular weight is 318 g/mol. The first-order valence-corrected chi connectivity index (χ1v) is 8.69. The van der Waals surface area contributed by atoms with Gasteiger partial charge >= 0.3 is 0 Å². The normalized spacial score (nSPS) is 11.0. The first-order chi connectivity index (χ1) is 10.5. The molecule has 2 aromatic rings. The molecule has 0 aliphatic carbocycles. The Morgan fingerprint density at radius 1 is 1.00 bits per heavy atom. The number of hydrogen-bond acceptors (Lipinski definition) is 3. The van der Waals surface area contributed by atoms with Crippen molar-refractivity contribution < 1.29 is 13.2 Å². The summed E-state index contributed by atoms with van der Waals surface area (Å²) in [7, 11) is -3.43. The minimum atomic E-state index is -3.43. The molecule has 0 aliphatic heterocycles. The maximum atomic E-state index is 11.9. The van der Waals surface area contributed by atoms with Crippen LogP contribution in [-0.2, 0) is 14.8 Å². The predicted molar refractivity (Wildman–Crippen MR) is 88.3 cm³/mol. The molecule has 5 nitrogen and oxygen atoms in total. The number of sulfonamides is 1. The maximum absolute atomic E-state index is 11.9. The van der Waals surface area contributed by atoms with Gasteiger partial charge < -0.3 is 5.32 Å². The molecular weight excluding hydrogens is 300 g/mol. The molecule has 0 fully saturated rings. The zero-order chi connectivity index (χ0) is 16.0. The van der Waals surface area contributed by atoms with Crippen LogP contribution in [0.25, 0.3) is 0 Å². The van der Waals surface area contributed by atoms with E-state index < -0.39 is 10.0 Å². The lowest BCUT2D eigenvalue weighted by atomic mass is 10.3. The number of para-hydroxylation sites is 2. The van der Waals surface area contributed by atoms with E-state index in [9.17, 15) is 13.2 Å². The van der Waals surface area contributed by atoms with E-state index in [0.29, 0.717) is 11.4 Å². The minimum Gasteiger partial charge on any atom is -0.326 e. The van der Waals surface area contributed by atoms with Crippen molar-refractivity contribution in [1.82, 2.24) is 0 Å². The Kier molecular flexibility index (Phi) is 5.16. The summed E-state index contributed by atoms with van der Waals surface area (Å²) in [5, 5.41) is 2.74. The summed E-state index contributed by atoms with van der Waals surface area (Å²) < 4.78 is 25.0. The number of benzene rings is 2. The number of nitrogens with zero attached hydrogens (tertiary/aromatic N) is 1. The number of nitrogens with one attached hydrogen (secondary N) is 1. The second-order valence-corrected chi connectivity index (χ2v) is 6.74. The molecule has 0 spiro atoms. The van der Waals surface area contributed by atoms with Crippen LogP contribution in [0.2, 0.25) is 0 Å². The second kappa shape index (κ2) is 7.09. The van der Waals surface area contributed by atoms with Crippen LogP contribution in [0.4, 0.5) is 11.4 Å². The highest BCUT2D eigenvalue weighted by Gasteiger charge is 2.18. The third-order valence-corrected chi connectivity index (χ3v) is 4.24. The molecule has 0 saturated carbocycles. The van der Waals surface area contributed by atoms with E-state index in [4.69, 9.17) is 0 Å². The van der Waals surface area contributed by atoms with E-state index in [1.165, 1.54) is 4.31 Å². The zero-order valence-corrected chi connectivity index (χ0v) is 13.1. The van der Waals surface area contributed by atoms with E-state index in [1.54, 1.807) is 36.4 Å². The van der Waals surface area contributed by atoms with Crippen molar-refractivity contribution >= 4 is 27.3 Å². The van der Waals surface area contributed by atoms with E-state index >= 15 is 0 Å². The van der Waals surface area contributed by atoms with Crippen molar-refractivity contribution in [2.24, 2.45) is 0 Å². The maximum Gasteiger partial charge on any atom is 0.232 e. The number of rotatable bonds is 6. The van der Waals surface area contributed by atoms with Gasteiger partial charge in [-0.15, -0.1) is 0 Å². The second-order valence-electron chi connectivity index (χ2n) is 4.83. The predicted octanol–water partition coefficient (Wildman–Crippen LogP) is 2.48. The molecule has 0 unspecified atom stereocenters. The standard InChI is InChI=1S/C16H18N2O3S/c1-22(20,21)18(15-10-6-3-7-11-15)13-12-16(19)17-14-8-4-2-5-9-14/h2-11H,12-13H2,1H3,(H,17,19). The monoisotopic (exact) mass is 318 g/mol. The van der Waals surface area contributed by atoms with E-state index in [1.807, 2.05) is 24.3 Å². The fourth-order valence-electron chi connectivity index (χ4n) is 2.03. The van der Waals surface area contributed by atoms with Crippen LogP contribution in [0.5, 0.6) is 0 Å². The number of carbonyl (C=O) groups is 1. The first kappa shape index (κ1) is 16.0. The van der Waals surface area contributed by atoms with Gasteiger partial charge in [0.25, 0.3) is 0 Å². The summed E-state index contributed by atoms with van der Waals surface area (Å²) in [5.41, 5.74) is 1.25. The molecule has 0 heterocycles. The Balaban J connectivity index is 2.02. The molecule has 2 rings (SSSR count). The Morgan fingerprint density at radius 2 is 1.55 bits per heavy atom. The highest BCUT2D eigenvalue weighted by molar-refractivity contribution is 7.92. The summed E-state index contributed by atoms with van der Waals surface area (Å²) in [4.78, 5) is 11.9. The molecule has 1 N–H and O–H groups in total. The van der Waals surface area contributed by atoms with Crippen molar-refractivity contribution in [3.05, 3.63) is 60.7 Å². The third-order valence-electron chi connectivity index (χ3n) is 3.04. The van der Waals surface area contributed by atoms with Crippen LogP contribution in [0.1, 0.15) is 6.42 Å². The first-order valence-electron chi connectivity index (χ1n) is 6.84. The van der Waals surface area contributed by atoms with Gasteiger partial charge in [0.2, 0.25) is 15.9 Å². The van der Waals surface area contributed by atoms with Gasteiger partial charge in [-0.05, 0) is 24.3 Å².